The second-order valence-corrected chi connectivity index (χ2v) is 7.54. The van der Waals surface area contributed by atoms with Crippen LogP contribution in [-0.2, 0) is 10.0 Å². The molecule has 134 valence electrons. The lowest BCUT2D eigenvalue weighted by atomic mass is 10.2. The van der Waals surface area contributed by atoms with Gasteiger partial charge in [-0.25, -0.2) is 13.6 Å². The van der Waals surface area contributed by atoms with Crippen LogP contribution >= 0.6 is 0 Å². The topological polar surface area (TPSA) is 94.2 Å². The minimum atomic E-state index is -3.76. The Morgan fingerprint density at radius 3 is 2.19 bits per heavy atom. The summed E-state index contributed by atoms with van der Waals surface area (Å²) in [4.78, 5) is 12.6. The van der Waals surface area contributed by atoms with Crippen LogP contribution in [0.25, 0.3) is 5.69 Å². The molecule has 26 heavy (non-hydrogen) atoms. The molecule has 3 aromatic rings. The molecule has 0 unspecified atom stereocenters. The molecular formula is C19H19N3O3S. The highest BCUT2D eigenvalue weighted by atomic mass is 32.2. The molecule has 0 saturated carbocycles. The Labute approximate surface area is 152 Å². The predicted octanol–water partition coefficient (Wildman–Crippen LogP) is 2.99. The number of hydrogen-bond donors (Lipinski definition) is 2. The maximum Gasteiger partial charge on any atom is 0.257 e. The van der Waals surface area contributed by atoms with Crippen LogP contribution < -0.4 is 10.5 Å². The molecule has 7 heteroatoms. The first-order chi connectivity index (χ1) is 12.3. The summed E-state index contributed by atoms with van der Waals surface area (Å²) in [6.45, 7) is 3.83. The number of hydrogen-bond acceptors (Lipinski definition) is 3. The van der Waals surface area contributed by atoms with Crippen molar-refractivity contribution in [2.24, 2.45) is 5.14 Å². The fraction of sp³-hybridized carbons (Fsp3) is 0.105. The summed E-state index contributed by atoms with van der Waals surface area (Å²) in [5, 5.41) is 7.86. The summed E-state index contributed by atoms with van der Waals surface area (Å²) in [5.41, 5.74) is 3.81. The van der Waals surface area contributed by atoms with E-state index in [4.69, 9.17) is 5.14 Å². The molecule has 0 fully saturated rings. The lowest BCUT2D eigenvalue weighted by Crippen LogP contribution is -2.14. The van der Waals surface area contributed by atoms with Gasteiger partial charge in [-0.1, -0.05) is 18.2 Å². The second kappa shape index (κ2) is 6.78. The van der Waals surface area contributed by atoms with Gasteiger partial charge in [-0.15, -0.1) is 0 Å². The van der Waals surface area contributed by atoms with E-state index in [0.717, 1.165) is 17.1 Å². The van der Waals surface area contributed by atoms with E-state index in [0.29, 0.717) is 11.3 Å². The average molecular weight is 369 g/mol. The number of carbonyl (C=O) groups is 1. The number of amides is 1. The summed E-state index contributed by atoms with van der Waals surface area (Å²) in [6.07, 6.45) is 0. The Bertz CT molecular complexity index is 1050. The highest BCUT2D eigenvalue weighted by molar-refractivity contribution is 7.89. The van der Waals surface area contributed by atoms with Crippen LogP contribution in [0, 0.1) is 13.8 Å². The fourth-order valence-corrected chi connectivity index (χ4v) is 3.41. The largest absolute Gasteiger partial charge is 0.322 e. The summed E-state index contributed by atoms with van der Waals surface area (Å²) in [6, 6.07) is 17.4. The minimum absolute atomic E-state index is 0.00208. The Hall–Kier alpha value is -2.90. The molecule has 0 aliphatic rings. The van der Waals surface area contributed by atoms with Gasteiger partial charge in [0, 0.05) is 22.8 Å². The summed E-state index contributed by atoms with van der Waals surface area (Å²) in [5.74, 6) is -0.261. The third-order valence-corrected chi connectivity index (χ3v) is 5.06. The van der Waals surface area contributed by atoms with Gasteiger partial charge in [0.25, 0.3) is 5.91 Å². The number of aryl methyl sites for hydroxylation is 1. The lowest BCUT2D eigenvalue weighted by Gasteiger charge is -2.10. The molecule has 3 N–H and O–H groups in total. The Morgan fingerprint density at radius 2 is 1.62 bits per heavy atom. The van der Waals surface area contributed by atoms with Crippen molar-refractivity contribution < 1.29 is 13.2 Å². The zero-order valence-electron chi connectivity index (χ0n) is 14.4. The van der Waals surface area contributed by atoms with Crippen molar-refractivity contribution in [1.29, 1.82) is 0 Å². The first-order valence-electron chi connectivity index (χ1n) is 7.96. The summed E-state index contributed by atoms with van der Waals surface area (Å²) in [7, 11) is -3.76. The number of para-hydroxylation sites is 1. The molecule has 1 heterocycles. The minimum Gasteiger partial charge on any atom is -0.322 e. The van der Waals surface area contributed by atoms with Gasteiger partial charge in [0.05, 0.1) is 10.5 Å². The van der Waals surface area contributed by atoms with Crippen LogP contribution in [0.5, 0.6) is 0 Å². The van der Waals surface area contributed by atoms with Gasteiger partial charge in [-0.2, -0.15) is 0 Å². The molecule has 2 aromatic carbocycles. The zero-order valence-corrected chi connectivity index (χ0v) is 15.2. The van der Waals surface area contributed by atoms with E-state index in [9.17, 15) is 13.2 Å². The van der Waals surface area contributed by atoms with E-state index in [-0.39, 0.29) is 10.8 Å². The van der Waals surface area contributed by atoms with Crippen molar-refractivity contribution in [3.63, 3.8) is 0 Å². The molecule has 0 bridgehead atoms. The van der Waals surface area contributed by atoms with Crippen LogP contribution in [0.15, 0.2) is 65.6 Å². The number of anilines is 1. The van der Waals surface area contributed by atoms with E-state index in [1.54, 1.807) is 0 Å². The predicted molar refractivity (Wildman–Crippen MR) is 101 cm³/mol. The Kier molecular flexibility index (Phi) is 4.67. The monoisotopic (exact) mass is 369 g/mol. The maximum atomic E-state index is 12.6. The van der Waals surface area contributed by atoms with Gasteiger partial charge in [0.1, 0.15) is 0 Å². The standard InChI is InChI=1S/C19H19N3O3S/c1-13-12-18(14(2)22(13)16-6-4-3-5-7-16)19(23)21-15-8-10-17(11-9-15)26(20,24)25/h3-12H,1-2H3,(H,21,23)(H2,20,24,25). The van der Waals surface area contributed by atoms with E-state index in [2.05, 4.69) is 5.32 Å². The normalized spacial score (nSPS) is 11.3. The molecule has 0 spiro atoms. The molecule has 0 aliphatic carbocycles. The van der Waals surface area contributed by atoms with Gasteiger partial charge in [0.15, 0.2) is 0 Å². The Morgan fingerprint density at radius 1 is 1.00 bits per heavy atom. The number of primary sulfonamides is 1. The quantitative estimate of drug-likeness (QED) is 0.740. The number of aromatic nitrogens is 1. The number of nitrogens with zero attached hydrogens (tertiary/aromatic N) is 1. The number of carbonyl (C=O) groups excluding carboxylic acids is 1. The van der Waals surface area contributed by atoms with Crippen molar-refractivity contribution in [1.82, 2.24) is 4.57 Å². The van der Waals surface area contributed by atoms with Crippen molar-refractivity contribution in [3.8, 4) is 5.69 Å². The zero-order chi connectivity index (χ0) is 18.9. The van der Waals surface area contributed by atoms with Gasteiger partial charge in [0.2, 0.25) is 10.0 Å². The first-order valence-corrected chi connectivity index (χ1v) is 9.50. The molecule has 0 radical (unpaired) electrons. The third-order valence-electron chi connectivity index (χ3n) is 4.13. The Balaban J connectivity index is 1.87. The summed E-state index contributed by atoms with van der Waals surface area (Å²) >= 11 is 0. The van der Waals surface area contributed by atoms with Gasteiger partial charge >= 0.3 is 0 Å². The van der Waals surface area contributed by atoms with E-state index < -0.39 is 10.0 Å². The number of nitrogens with one attached hydrogen (secondary N) is 1. The van der Waals surface area contributed by atoms with Crippen LogP contribution in [0.2, 0.25) is 0 Å². The molecule has 3 rings (SSSR count). The maximum absolute atomic E-state index is 12.6. The SMILES string of the molecule is Cc1cc(C(=O)Nc2ccc(S(N)(=O)=O)cc2)c(C)n1-c1ccccc1. The van der Waals surface area contributed by atoms with E-state index in [1.807, 2.05) is 54.8 Å². The number of nitrogens with two attached hydrogens (primary N) is 1. The van der Waals surface area contributed by atoms with Crippen LogP contribution in [-0.4, -0.2) is 18.9 Å². The number of sulfonamides is 1. The van der Waals surface area contributed by atoms with Crippen molar-refractivity contribution >= 4 is 21.6 Å². The van der Waals surface area contributed by atoms with Gasteiger partial charge in [-0.3, -0.25) is 4.79 Å². The van der Waals surface area contributed by atoms with Crippen molar-refractivity contribution in [2.45, 2.75) is 18.7 Å². The molecule has 0 saturated heterocycles. The number of benzene rings is 2. The first kappa shape index (κ1) is 17.9. The number of rotatable bonds is 4. The smallest absolute Gasteiger partial charge is 0.257 e. The highest BCUT2D eigenvalue weighted by Crippen LogP contribution is 2.22. The third kappa shape index (κ3) is 3.54. The van der Waals surface area contributed by atoms with Gasteiger partial charge < -0.3 is 9.88 Å². The van der Waals surface area contributed by atoms with Crippen LogP contribution in [0.4, 0.5) is 5.69 Å². The van der Waals surface area contributed by atoms with E-state index in [1.165, 1.54) is 24.3 Å². The molecule has 6 nitrogen and oxygen atoms in total. The molecule has 0 aliphatic heterocycles. The average Bonchev–Trinajstić information content (AvgIpc) is 2.90. The molecule has 1 aromatic heterocycles. The van der Waals surface area contributed by atoms with Crippen LogP contribution in [0.3, 0.4) is 0 Å². The molecule has 1 amide bonds. The summed E-state index contributed by atoms with van der Waals surface area (Å²) < 4.78 is 24.6. The van der Waals surface area contributed by atoms with Crippen molar-refractivity contribution in [3.05, 3.63) is 77.6 Å². The van der Waals surface area contributed by atoms with Gasteiger partial charge in [-0.05, 0) is 56.3 Å². The second-order valence-electron chi connectivity index (χ2n) is 5.98. The van der Waals surface area contributed by atoms with Crippen molar-refractivity contribution in [2.75, 3.05) is 5.32 Å². The lowest BCUT2D eigenvalue weighted by molar-refractivity contribution is 0.102. The molecular weight excluding hydrogens is 350 g/mol. The fourth-order valence-electron chi connectivity index (χ4n) is 2.89. The van der Waals surface area contributed by atoms with Crippen LogP contribution in [0.1, 0.15) is 21.7 Å². The highest BCUT2D eigenvalue weighted by Gasteiger charge is 2.17. The molecule has 0 atom stereocenters. The van der Waals surface area contributed by atoms with E-state index >= 15 is 0 Å².